The van der Waals surface area contributed by atoms with Gasteiger partial charge in [-0.1, -0.05) is 11.6 Å². The second kappa shape index (κ2) is 3.94. The van der Waals surface area contributed by atoms with Crippen molar-refractivity contribution >= 4 is 17.6 Å². The molecule has 76 valence electrons. The minimum atomic E-state index is -1.75. The highest BCUT2D eigenvalue weighted by atomic mass is 35.5. The third-order valence-electron chi connectivity index (χ3n) is 1.85. The molecular formula is C9H8ClFO3. The predicted molar refractivity (Wildman–Crippen MR) is 48.7 cm³/mol. The third kappa shape index (κ3) is 2.02. The quantitative estimate of drug-likeness (QED) is 0.797. The number of halogens is 2. The number of hydrogen-bond donors (Lipinski definition) is 2. The van der Waals surface area contributed by atoms with Crippen LogP contribution in [0.15, 0.2) is 12.1 Å². The van der Waals surface area contributed by atoms with Crippen LogP contribution in [0.2, 0.25) is 5.02 Å². The molecule has 1 aromatic carbocycles. The van der Waals surface area contributed by atoms with E-state index >= 15 is 0 Å². The van der Waals surface area contributed by atoms with E-state index in [9.17, 15) is 9.18 Å². The zero-order valence-corrected chi connectivity index (χ0v) is 8.05. The summed E-state index contributed by atoms with van der Waals surface area (Å²) in [6.45, 7) is 1.47. The molecule has 1 rings (SSSR count). The lowest BCUT2D eigenvalue weighted by atomic mass is 10.1. The molecule has 0 aliphatic rings. The van der Waals surface area contributed by atoms with Crippen molar-refractivity contribution in [3.05, 3.63) is 34.1 Å². The maximum absolute atomic E-state index is 13.1. The van der Waals surface area contributed by atoms with Crippen molar-refractivity contribution in [1.82, 2.24) is 0 Å². The maximum atomic E-state index is 13.1. The predicted octanol–water partition coefficient (Wildman–Crippen LogP) is 1.91. The van der Waals surface area contributed by atoms with Crippen LogP contribution < -0.4 is 0 Å². The number of aliphatic carboxylic acids is 1. The van der Waals surface area contributed by atoms with Gasteiger partial charge in [0.05, 0.1) is 0 Å². The molecule has 0 saturated carbocycles. The standard InChI is InChI=1S/C9H8ClFO3/c1-4-6(10)2-5(3-7(4)11)8(12)9(13)14/h2-3,8,12H,1H3,(H,13,14). The highest BCUT2D eigenvalue weighted by Crippen LogP contribution is 2.24. The Kier molecular flexibility index (Phi) is 3.08. The Labute approximate surface area is 84.7 Å². The fraction of sp³-hybridized carbons (Fsp3) is 0.222. The number of carboxylic acid groups (broad SMARTS) is 1. The summed E-state index contributed by atoms with van der Waals surface area (Å²) in [4.78, 5) is 10.4. The molecule has 1 atom stereocenters. The lowest BCUT2D eigenvalue weighted by Gasteiger charge is -2.08. The Hall–Kier alpha value is -1.13. The molecule has 0 bridgehead atoms. The summed E-state index contributed by atoms with van der Waals surface area (Å²) in [6, 6.07) is 2.19. The van der Waals surface area contributed by atoms with Gasteiger partial charge in [0.2, 0.25) is 0 Å². The fourth-order valence-electron chi connectivity index (χ4n) is 0.965. The SMILES string of the molecule is Cc1c(F)cc(C(O)C(=O)O)cc1Cl. The van der Waals surface area contributed by atoms with Crippen LogP contribution >= 0.6 is 11.6 Å². The molecule has 0 aliphatic carbocycles. The number of aliphatic hydroxyl groups is 1. The Balaban J connectivity index is 3.19. The summed E-state index contributed by atoms with van der Waals surface area (Å²) in [5.74, 6) is -2.07. The van der Waals surface area contributed by atoms with Crippen LogP contribution in [0.4, 0.5) is 4.39 Å². The first-order chi connectivity index (χ1) is 6.43. The molecule has 14 heavy (non-hydrogen) atoms. The van der Waals surface area contributed by atoms with E-state index < -0.39 is 17.9 Å². The Bertz CT molecular complexity index is 355. The van der Waals surface area contributed by atoms with Gasteiger partial charge >= 0.3 is 5.97 Å². The van der Waals surface area contributed by atoms with Gasteiger partial charge in [0.25, 0.3) is 0 Å². The summed E-state index contributed by atoms with van der Waals surface area (Å²) < 4.78 is 13.1. The zero-order valence-electron chi connectivity index (χ0n) is 7.29. The third-order valence-corrected chi connectivity index (χ3v) is 2.25. The number of rotatable bonds is 2. The van der Waals surface area contributed by atoms with Crippen LogP contribution in [0.5, 0.6) is 0 Å². The molecule has 0 fully saturated rings. The van der Waals surface area contributed by atoms with E-state index in [2.05, 4.69) is 0 Å². The van der Waals surface area contributed by atoms with Crippen LogP contribution in [-0.4, -0.2) is 16.2 Å². The van der Waals surface area contributed by atoms with E-state index in [0.717, 1.165) is 6.07 Å². The second-order valence-corrected chi connectivity index (χ2v) is 3.26. The van der Waals surface area contributed by atoms with Crippen molar-refractivity contribution in [3.63, 3.8) is 0 Å². The van der Waals surface area contributed by atoms with Crippen molar-refractivity contribution in [2.24, 2.45) is 0 Å². The summed E-state index contributed by atoms with van der Waals surface area (Å²) in [5, 5.41) is 17.7. The Morgan fingerprint density at radius 3 is 2.57 bits per heavy atom. The minimum absolute atomic E-state index is 0.0643. The molecule has 0 heterocycles. The van der Waals surface area contributed by atoms with Gasteiger partial charge in [0.15, 0.2) is 6.10 Å². The van der Waals surface area contributed by atoms with Gasteiger partial charge in [-0.3, -0.25) is 0 Å². The van der Waals surface area contributed by atoms with Gasteiger partial charge in [-0.15, -0.1) is 0 Å². The molecule has 2 N–H and O–H groups in total. The molecule has 3 nitrogen and oxygen atoms in total. The van der Waals surface area contributed by atoms with Crippen LogP contribution in [0.1, 0.15) is 17.2 Å². The van der Waals surface area contributed by atoms with E-state index in [4.69, 9.17) is 21.8 Å². The van der Waals surface area contributed by atoms with Crippen molar-refractivity contribution in [2.75, 3.05) is 0 Å². The van der Waals surface area contributed by atoms with Crippen LogP contribution in [-0.2, 0) is 4.79 Å². The van der Waals surface area contributed by atoms with Gasteiger partial charge in [-0.05, 0) is 24.6 Å². The number of carbonyl (C=O) groups is 1. The van der Waals surface area contributed by atoms with Crippen LogP contribution in [0, 0.1) is 12.7 Å². The number of aliphatic hydroxyl groups excluding tert-OH is 1. The lowest BCUT2D eigenvalue weighted by molar-refractivity contribution is -0.146. The second-order valence-electron chi connectivity index (χ2n) is 2.85. The largest absolute Gasteiger partial charge is 0.479 e. The average molecular weight is 219 g/mol. The minimum Gasteiger partial charge on any atom is -0.479 e. The molecule has 0 saturated heterocycles. The number of carboxylic acids is 1. The number of hydrogen-bond acceptors (Lipinski definition) is 2. The molecule has 0 radical (unpaired) electrons. The van der Waals surface area contributed by atoms with E-state index in [-0.39, 0.29) is 16.1 Å². The molecule has 0 spiro atoms. The number of benzene rings is 1. The first-order valence-corrected chi connectivity index (χ1v) is 4.17. The Morgan fingerprint density at radius 2 is 2.14 bits per heavy atom. The first-order valence-electron chi connectivity index (χ1n) is 3.80. The highest BCUT2D eigenvalue weighted by molar-refractivity contribution is 6.31. The molecule has 0 amide bonds. The summed E-state index contributed by atoms with van der Waals surface area (Å²) in [5.41, 5.74) is 0.165. The van der Waals surface area contributed by atoms with Crippen LogP contribution in [0.25, 0.3) is 0 Å². The van der Waals surface area contributed by atoms with Crippen molar-refractivity contribution < 1.29 is 19.4 Å². The van der Waals surface area contributed by atoms with Crippen molar-refractivity contribution in [2.45, 2.75) is 13.0 Å². The monoisotopic (exact) mass is 218 g/mol. The summed E-state index contributed by atoms with van der Waals surface area (Å²) in [7, 11) is 0. The topological polar surface area (TPSA) is 57.5 Å². The zero-order chi connectivity index (χ0) is 10.9. The molecule has 0 aromatic heterocycles. The normalized spacial score (nSPS) is 12.6. The highest BCUT2D eigenvalue weighted by Gasteiger charge is 2.18. The molecule has 0 aliphatic heterocycles. The summed E-state index contributed by atoms with van der Waals surface area (Å²) in [6.07, 6.45) is -1.75. The van der Waals surface area contributed by atoms with Crippen LogP contribution in [0.3, 0.4) is 0 Å². The van der Waals surface area contributed by atoms with Gasteiger partial charge in [0, 0.05) is 10.6 Å². The Morgan fingerprint density at radius 1 is 1.57 bits per heavy atom. The van der Waals surface area contributed by atoms with Gasteiger partial charge in [-0.25, -0.2) is 9.18 Å². The van der Waals surface area contributed by atoms with E-state index in [0.29, 0.717) is 0 Å². The average Bonchev–Trinajstić information content (AvgIpc) is 2.12. The molecule has 1 unspecified atom stereocenters. The van der Waals surface area contributed by atoms with Crippen molar-refractivity contribution in [3.8, 4) is 0 Å². The lowest BCUT2D eigenvalue weighted by Crippen LogP contribution is -2.11. The van der Waals surface area contributed by atoms with Crippen molar-refractivity contribution in [1.29, 1.82) is 0 Å². The summed E-state index contributed by atoms with van der Waals surface area (Å²) >= 11 is 5.62. The molecule has 1 aromatic rings. The van der Waals surface area contributed by atoms with E-state index in [1.807, 2.05) is 0 Å². The smallest absolute Gasteiger partial charge is 0.337 e. The van der Waals surface area contributed by atoms with Gasteiger partial charge < -0.3 is 10.2 Å². The fourth-order valence-corrected chi connectivity index (χ4v) is 1.18. The molecular weight excluding hydrogens is 211 g/mol. The van der Waals surface area contributed by atoms with E-state index in [1.54, 1.807) is 0 Å². The molecule has 5 heteroatoms. The van der Waals surface area contributed by atoms with Gasteiger partial charge in [0.1, 0.15) is 5.82 Å². The first kappa shape index (κ1) is 10.9. The van der Waals surface area contributed by atoms with Gasteiger partial charge in [-0.2, -0.15) is 0 Å². The van der Waals surface area contributed by atoms with E-state index in [1.165, 1.54) is 13.0 Å². The maximum Gasteiger partial charge on any atom is 0.337 e.